The molecule has 1 aromatic carbocycles. The summed E-state index contributed by atoms with van der Waals surface area (Å²) in [5.41, 5.74) is 5.40. The van der Waals surface area contributed by atoms with Crippen molar-refractivity contribution in [3.8, 4) is 0 Å². The molecule has 1 amide bonds. The first-order valence-electron chi connectivity index (χ1n) is 4.66. The number of halogens is 1. The summed E-state index contributed by atoms with van der Waals surface area (Å²) in [6.45, 7) is -0.607. The van der Waals surface area contributed by atoms with Crippen molar-refractivity contribution in [3.63, 3.8) is 0 Å². The van der Waals surface area contributed by atoms with Crippen molar-refractivity contribution in [2.45, 2.75) is 6.10 Å². The zero-order valence-corrected chi connectivity index (χ0v) is 8.48. The Hall–Kier alpha value is -1.66. The van der Waals surface area contributed by atoms with Crippen molar-refractivity contribution in [1.29, 1.82) is 0 Å². The van der Waals surface area contributed by atoms with Gasteiger partial charge in [-0.25, -0.2) is 4.39 Å². The molecule has 1 unspecified atom stereocenters. The van der Waals surface area contributed by atoms with Crippen molar-refractivity contribution in [3.05, 3.63) is 29.6 Å². The molecule has 16 heavy (non-hydrogen) atoms. The van der Waals surface area contributed by atoms with Crippen LogP contribution in [-0.2, 0) is 0 Å². The molecule has 0 fully saturated rings. The number of nitrogens with one attached hydrogen (secondary N) is 1. The van der Waals surface area contributed by atoms with Crippen LogP contribution in [0, 0.1) is 5.82 Å². The maximum atomic E-state index is 13.3. The van der Waals surface area contributed by atoms with Crippen molar-refractivity contribution in [2.75, 3.05) is 18.9 Å². The quantitative estimate of drug-likeness (QED) is 0.522. The molecule has 0 saturated heterocycles. The van der Waals surface area contributed by atoms with E-state index in [1.165, 1.54) is 12.1 Å². The van der Waals surface area contributed by atoms with Crippen molar-refractivity contribution in [2.24, 2.45) is 0 Å². The third kappa shape index (κ3) is 3.18. The predicted molar refractivity (Wildman–Crippen MR) is 56.2 cm³/mol. The van der Waals surface area contributed by atoms with Crippen LogP contribution in [-0.4, -0.2) is 35.4 Å². The van der Waals surface area contributed by atoms with E-state index in [1.54, 1.807) is 0 Å². The summed E-state index contributed by atoms with van der Waals surface area (Å²) in [6, 6.07) is 3.70. The normalized spacial score (nSPS) is 12.2. The minimum Gasteiger partial charge on any atom is -0.399 e. The van der Waals surface area contributed by atoms with E-state index in [9.17, 15) is 9.18 Å². The molecular formula is C10H13FN2O3. The molecule has 6 heteroatoms. The van der Waals surface area contributed by atoms with E-state index in [-0.39, 0.29) is 17.8 Å². The highest BCUT2D eigenvalue weighted by Gasteiger charge is 2.12. The Morgan fingerprint density at radius 1 is 1.56 bits per heavy atom. The van der Waals surface area contributed by atoms with Crippen LogP contribution in [0.15, 0.2) is 18.2 Å². The largest absolute Gasteiger partial charge is 0.399 e. The highest BCUT2D eigenvalue weighted by molar-refractivity contribution is 5.94. The summed E-state index contributed by atoms with van der Waals surface area (Å²) in [5.74, 6) is -1.39. The summed E-state index contributed by atoms with van der Waals surface area (Å²) < 4.78 is 13.3. The van der Waals surface area contributed by atoms with Crippen LogP contribution < -0.4 is 11.1 Å². The fourth-order valence-corrected chi connectivity index (χ4v) is 1.09. The lowest BCUT2D eigenvalue weighted by molar-refractivity contribution is 0.0799. The fraction of sp³-hybridized carbons (Fsp3) is 0.300. The number of hydrogen-bond acceptors (Lipinski definition) is 4. The van der Waals surface area contributed by atoms with Gasteiger partial charge in [0.15, 0.2) is 0 Å². The first-order valence-corrected chi connectivity index (χ1v) is 4.66. The number of nitrogen functional groups attached to an aromatic ring is 1. The lowest BCUT2D eigenvalue weighted by atomic mass is 10.2. The summed E-state index contributed by atoms with van der Waals surface area (Å²) >= 11 is 0. The minimum atomic E-state index is -1.05. The van der Waals surface area contributed by atoms with Gasteiger partial charge in [-0.3, -0.25) is 4.79 Å². The molecule has 0 aromatic heterocycles. The Balaban J connectivity index is 2.66. The molecule has 0 heterocycles. The Morgan fingerprint density at radius 2 is 2.25 bits per heavy atom. The monoisotopic (exact) mass is 228 g/mol. The van der Waals surface area contributed by atoms with Gasteiger partial charge in [-0.2, -0.15) is 0 Å². The van der Waals surface area contributed by atoms with Crippen molar-refractivity contribution < 1.29 is 19.4 Å². The molecule has 5 N–H and O–H groups in total. The first kappa shape index (κ1) is 12.4. The average molecular weight is 228 g/mol. The van der Waals surface area contributed by atoms with Crippen LogP contribution in [0.25, 0.3) is 0 Å². The standard InChI is InChI=1S/C10H13FN2O3/c11-9-3-6(12)1-2-8(9)10(16)13-4-7(15)5-14/h1-3,7,14-15H,4-5,12H2,(H,13,16). The zero-order valence-electron chi connectivity index (χ0n) is 8.48. The molecule has 5 nitrogen and oxygen atoms in total. The van der Waals surface area contributed by atoms with Crippen LogP contribution >= 0.6 is 0 Å². The van der Waals surface area contributed by atoms with Gasteiger partial charge in [0.25, 0.3) is 5.91 Å². The summed E-state index contributed by atoms with van der Waals surface area (Å²) in [5, 5.41) is 19.8. The summed E-state index contributed by atoms with van der Waals surface area (Å²) in [4.78, 5) is 11.4. The predicted octanol–water partition coefficient (Wildman–Crippen LogP) is -0.509. The molecule has 0 aliphatic rings. The van der Waals surface area contributed by atoms with Crippen LogP contribution in [0.2, 0.25) is 0 Å². The van der Waals surface area contributed by atoms with E-state index in [0.29, 0.717) is 0 Å². The van der Waals surface area contributed by atoms with Gasteiger partial charge in [0.2, 0.25) is 0 Å². The molecular weight excluding hydrogens is 215 g/mol. The number of aliphatic hydroxyl groups is 2. The van der Waals surface area contributed by atoms with Gasteiger partial charge >= 0.3 is 0 Å². The molecule has 0 aliphatic carbocycles. The van der Waals surface area contributed by atoms with Gasteiger partial charge in [0.05, 0.1) is 18.3 Å². The van der Waals surface area contributed by atoms with Gasteiger partial charge in [-0.1, -0.05) is 0 Å². The minimum absolute atomic E-state index is 0.140. The molecule has 0 spiro atoms. The van der Waals surface area contributed by atoms with Crippen LogP contribution in [0.4, 0.5) is 10.1 Å². The maximum Gasteiger partial charge on any atom is 0.254 e. The lowest BCUT2D eigenvalue weighted by Gasteiger charge is -2.09. The van der Waals surface area contributed by atoms with Crippen LogP contribution in [0.1, 0.15) is 10.4 Å². The second-order valence-electron chi connectivity index (χ2n) is 3.29. The molecule has 0 bridgehead atoms. The van der Waals surface area contributed by atoms with Gasteiger partial charge < -0.3 is 21.3 Å². The van der Waals surface area contributed by atoms with E-state index >= 15 is 0 Å². The SMILES string of the molecule is Nc1ccc(C(=O)NCC(O)CO)c(F)c1. The van der Waals surface area contributed by atoms with Gasteiger partial charge in [0.1, 0.15) is 5.82 Å². The number of hydrogen-bond donors (Lipinski definition) is 4. The van der Waals surface area contributed by atoms with E-state index in [1.807, 2.05) is 0 Å². The Labute approximate surface area is 91.7 Å². The smallest absolute Gasteiger partial charge is 0.254 e. The van der Waals surface area contributed by atoms with E-state index in [4.69, 9.17) is 15.9 Å². The van der Waals surface area contributed by atoms with Gasteiger partial charge in [-0.05, 0) is 18.2 Å². The first-order chi connectivity index (χ1) is 7.54. The molecule has 1 aromatic rings. The van der Waals surface area contributed by atoms with E-state index in [0.717, 1.165) is 6.07 Å². The number of rotatable bonds is 4. The number of amides is 1. The number of anilines is 1. The number of aliphatic hydroxyl groups excluding tert-OH is 2. The van der Waals surface area contributed by atoms with Crippen molar-refractivity contribution in [1.82, 2.24) is 5.32 Å². The Morgan fingerprint density at radius 3 is 2.81 bits per heavy atom. The topological polar surface area (TPSA) is 95.6 Å². The zero-order chi connectivity index (χ0) is 12.1. The third-order valence-electron chi connectivity index (χ3n) is 1.95. The number of nitrogens with two attached hydrogens (primary N) is 1. The van der Waals surface area contributed by atoms with E-state index < -0.39 is 24.4 Å². The third-order valence-corrected chi connectivity index (χ3v) is 1.95. The second-order valence-corrected chi connectivity index (χ2v) is 3.29. The van der Waals surface area contributed by atoms with Gasteiger partial charge in [0, 0.05) is 12.2 Å². The number of benzene rings is 1. The molecule has 1 atom stereocenters. The lowest BCUT2D eigenvalue weighted by Crippen LogP contribution is -2.34. The molecule has 0 aliphatic heterocycles. The number of carbonyl (C=O) groups excluding carboxylic acids is 1. The van der Waals surface area contributed by atoms with E-state index in [2.05, 4.69) is 5.32 Å². The maximum absolute atomic E-state index is 13.3. The van der Waals surface area contributed by atoms with Gasteiger partial charge in [-0.15, -0.1) is 0 Å². The molecule has 88 valence electrons. The Bertz CT molecular complexity index is 384. The highest BCUT2D eigenvalue weighted by atomic mass is 19.1. The fourth-order valence-electron chi connectivity index (χ4n) is 1.09. The van der Waals surface area contributed by atoms with Crippen LogP contribution in [0.3, 0.4) is 0 Å². The molecule has 1 rings (SSSR count). The highest BCUT2D eigenvalue weighted by Crippen LogP contribution is 2.11. The van der Waals surface area contributed by atoms with Crippen LogP contribution in [0.5, 0.6) is 0 Å². The molecule has 0 radical (unpaired) electrons. The second kappa shape index (κ2) is 5.43. The number of carbonyl (C=O) groups is 1. The molecule has 0 saturated carbocycles. The summed E-state index contributed by atoms with van der Waals surface area (Å²) in [6.07, 6.45) is -1.05. The summed E-state index contributed by atoms with van der Waals surface area (Å²) in [7, 11) is 0. The Kier molecular flexibility index (Phi) is 4.21. The van der Waals surface area contributed by atoms with Crippen molar-refractivity contribution >= 4 is 11.6 Å². The average Bonchev–Trinajstić information content (AvgIpc) is 2.25.